The molecule has 0 aromatic heterocycles. The lowest BCUT2D eigenvalue weighted by Crippen LogP contribution is -2.39. The molecule has 1 aromatic rings. The van der Waals surface area contributed by atoms with Gasteiger partial charge in [-0.1, -0.05) is 34.1 Å². The smallest absolute Gasteiger partial charge is 0.225 e. The standard InChI is InChI=1S/C15H19BrN2O2/c1-10(7-11-5-3-4-6-13(11)16)17-15(20)12-8-14(19)18(2)9-12/h3-6,10,12H,7-9H2,1-2H3,(H,17,20)/t10-,12-/m0/s1. The van der Waals surface area contributed by atoms with Crippen LogP contribution in [-0.4, -0.2) is 36.3 Å². The lowest BCUT2D eigenvalue weighted by Gasteiger charge is -2.17. The van der Waals surface area contributed by atoms with Gasteiger partial charge in [0.25, 0.3) is 0 Å². The van der Waals surface area contributed by atoms with Crippen molar-refractivity contribution < 1.29 is 9.59 Å². The highest BCUT2D eigenvalue weighted by atomic mass is 79.9. The number of benzene rings is 1. The second kappa shape index (κ2) is 6.39. The van der Waals surface area contributed by atoms with Gasteiger partial charge in [0.15, 0.2) is 0 Å². The molecule has 108 valence electrons. The molecule has 1 N–H and O–H groups in total. The van der Waals surface area contributed by atoms with E-state index in [-0.39, 0.29) is 23.8 Å². The Morgan fingerprint density at radius 2 is 2.20 bits per heavy atom. The van der Waals surface area contributed by atoms with E-state index in [0.29, 0.717) is 13.0 Å². The summed E-state index contributed by atoms with van der Waals surface area (Å²) in [6.07, 6.45) is 1.09. The number of amides is 2. The van der Waals surface area contributed by atoms with Crippen LogP contribution in [0.4, 0.5) is 0 Å². The van der Waals surface area contributed by atoms with Crippen molar-refractivity contribution in [2.24, 2.45) is 5.92 Å². The van der Waals surface area contributed by atoms with Crippen LogP contribution in [0.1, 0.15) is 18.9 Å². The summed E-state index contributed by atoms with van der Waals surface area (Å²) in [5.41, 5.74) is 1.17. The first kappa shape index (κ1) is 15.0. The van der Waals surface area contributed by atoms with E-state index < -0.39 is 0 Å². The van der Waals surface area contributed by atoms with Gasteiger partial charge in [-0.2, -0.15) is 0 Å². The molecule has 1 aliphatic heterocycles. The largest absolute Gasteiger partial charge is 0.353 e. The van der Waals surface area contributed by atoms with E-state index in [4.69, 9.17) is 0 Å². The van der Waals surface area contributed by atoms with Crippen molar-refractivity contribution >= 4 is 27.7 Å². The zero-order valence-corrected chi connectivity index (χ0v) is 13.3. The van der Waals surface area contributed by atoms with Crippen molar-refractivity contribution in [2.45, 2.75) is 25.8 Å². The Morgan fingerprint density at radius 1 is 1.50 bits per heavy atom. The van der Waals surface area contributed by atoms with E-state index >= 15 is 0 Å². The number of hydrogen-bond donors (Lipinski definition) is 1. The van der Waals surface area contributed by atoms with E-state index in [9.17, 15) is 9.59 Å². The molecule has 1 aliphatic rings. The molecule has 5 heteroatoms. The lowest BCUT2D eigenvalue weighted by atomic mass is 10.0. The lowest BCUT2D eigenvalue weighted by molar-refractivity contribution is -0.128. The summed E-state index contributed by atoms with van der Waals surface area (Å²) < 4.78 is 1.05. The quantitative estimate of drug-likeness (QED) is 0.912. The fourth-order valence-electron chi connectivity index (χ4n) is 2.44. The molecule has 0 bridgehead atoms. The Morgan fingerprint density at radius 3 is 2.80 bits per heavy atom. The average molecular weight is 339 g/mol. The highest BCUT2D eigenvalue weighted by molar-refractivity contribution is 9.10. The van der Waals surface area contributed by atoms with Crippen LogP contribution in [-0.2, 0) is 16.0 Å². The van der Waals surface area contributed by atoms with Crippen LogP contribution >= 0.6 is 15.9 Å². The Kier molecular flexibility index (Phi) is 4.81. The predicted molar refractivity (Wildman–Crippen MR) is 81.2 cm³/mol. The Hall–Kier alpha value is -1.36. The van der Waals surface area contributed by atoms with Crippen molar-refractivity contribution in [3.63, 3.8) is 0 Å². The summed E-state index contributed by atoms with van der Waals surface area (Å²) in [7, 11) is 1.74. The van der Waals surface area contributed by atoms with Crippen LogP contribution in [0.2, 0.25) is 0 Å². The summed E-state index contributed by atoms with van der Waals surface area (Å²) in [5.74, 6) is -0.194. The van der Waals surface area contributed by atoms with Crippen molar-refractivity contribution in [1.82, 2.24) is 10.2 Å². The maximum atomic E-state index is 12.1. The van der Waals surface area contributed by atoms with E-state index in [1.165, 1.54) is 5.56 Å². The van der Waals surface area contributed by atoms with Crippen LogP contribution in [0.15, 0.2) is 28.7 Å². The van der Waals surface area contributed by atoms with Crippen LogP contribution < -0.4 is 5.32 Å². The summed E-state index contributed by atoms with van der Waals surface area (Å²) in [5, 5.41) is 3.00. The van der Waals surface area contributed by atoms with Crippen LogP contribution in [0.3, 0.4) is 0 Å². The van der Waals surface area contributed by atoms with Crippen molar-refractivity contribution in [1.29, 1.82) is 0 Å². The van der Waals surface area contributed by atoms with Gasteiger partial charge in [0.1, 0.15) is 0 Å². The number of carbonyl (C=O) groups is 2. The Labute approximate surface area is 127 Å². The highest BCUT2D eigenvalue weighted by Crippen LogP contribution is 2.19. The van der Waals surface area contributed by atoms with Crippen LogP contribution in [0.5, 0.6) is 0 Å². The molecule has 1 fully saturated rings. The minimum atomic E-state index is -0.214. The fraction of sp³-hybridized carbons (Fsp3) is 0.467. The van der Waals surface area contributed by atoms with Gasteiger partial charge in [-0.15, -0.1) is 0 Å². The maximum Gasteiger partial charge on any atom is 0.225 e. The zero-order valence-electron chi connectivity index (χ0n) is 11.7. The maximum absolute atomic E-state index is 12.1. The molecule has 2 rings (SSSR count). The SMILES string of the molecule is C[C@@H](Cc1ccccc1Br)NC(=O)[C@H]1CC(=O)N(C)C1. The third kappa shape index (κ3) is 3.60. The van der Waals surface area contributed by atoms with Gasteiger partial charge < -0.3 is 10.2 Å². The molecule has 0 unspecified atom stereocenters. The third-order valence-electron chi connectivity index (χ3n) is 3.58. The highest BCUT2D eigenvalue weighted by Gasteiger charge is 2.32. The van der Waals surface area contributed by atoms with Gasteiger partial charge in [-0.05, 0) is 25.0 Å². The molecule has 0 aliphatic carbocycles. The second-order valence-electron chi connectivity index (χ2n) is 5.38. The van der Waals surface area contributed by atoms with Gasteiger partial charge >= 0.3 is 0 Å². The van der Waals surface area contributed by atoms with Gasteiger partial charge in [0.2, 0.25) is 11.8 Å². The molecule has 4 nitrogen and oxygen atoms in total. The first-order valence-electron chi connectivity index (χ1n) is 6.75. The summed E-state index contributed by atoms with van der Waals surface area (Å²) >= 11 is 3.51. The van der Waals surface area contributed by atoms with Crippen LogP contribution in [0, 0.1) is 5.92 Å². The van der Waals surface area contributed by atoms with E-state index in [2.05, 4.69) is 21.2 Å². The zero-order chi connectivity index (χ0) is 14.7. The average Bonchev–Trinajstić information content (AvgIpc) is 2.72. The topological polar surface area (TPSA) is 49.4 Å². The number of nitrogens with zero attached hydrogens (tertiary/aromatic N) is 1. The Balaban J connectivity index is 1.89. The molecule has 1 saturated heterocycles. The Bertz CT molecular complexity index is 518. The summed E-state index contributed by atoms with van der Waals surface area (Å²) in [6, 6.07) is 8.03. The molecular formula is C15H19BrN2O2. The molecular weight excluding hydrogens is 320 g/mol. The molecule has 1 aromatic carbocycles. The molecule has 2 atom stereocenters. The summed E-state index contributed by atoms with van der Waals surface area (Å²) in [4.78, 5) is 25.2. The van der Waals surface area contributed by atoms with Gasteiger partial charge in [-0.3, -0.25) is 9.59 Å². The minimum absolute atomic E-state index is 0.0257. The first-order valence-corrected chi connectivity index (χ1v) is 7.54. The van der Waals surface area contributed by atoms with E-state index in [1.54, 1.807) is 11.9 Å². The predicted octanol–water partition coefficient (Wildman–Crippen LogP) is 1.97. The number of likely N-dealkylation sites (tertiary alicyclic amines) is 1. The van der Waals surface area contributed by atoms with Crippen LogP contribution in [0.25, 0.3) is 0 Å². The number of carbonyl (C=O) groups excluding carboxylic acids is 2. The second-order valence-corrected chi connectivity index (χ2v) is 6.23. The van der Waals surface area contributed by atoms with Crippen molar-refractivity contribution in [3.8, 4) is 0 Å². The number of hydrogen-bond acceptors (Lipinski definition) is 2. The normalized spacial score (nSPS) is 20.1. The molecule has 2 amide bonds. The van der Waals surface area contributed by atoms with E-state index in [0.717, 1.165) is 10.9 Å². The summed E-state index contributed by atoms with van der Waals surface area (Å²) in [6.45, 7) is 2.50. The molecule has 1 heterocycles. The first-order chi connectivity index (χ1) is 9.47. The molecule has 20 heavy (non-hydrogen) atoms. The monoisotopic (exact) mass is 338 g/mol. The van der Waals surface area contributed by atoms with Crippen molar-refractivity contribution in [3.05, 3.63) is 34.3 Å². The van der Waals surface area contributed by atoms with Gasteiger partial charge in [0, 0.05) is 30.5 Å². The molecule has 0 radical (unpaired) electrons. The number of rotatable bonds is 4. The van der Waals surface area contributed by atoms with Gasteiger partial charge in [0.05, 0.1) is 5.92 Å². The fourth-order valence-corrected chi connectivity index (χ4v) is 2.89. The molecule has 0 spiro atoms. The van der Waals surface area contributed by atoms with E-state index in [1.807, 2.05) is 31.2 Å². The number of halogens is 1. The van der Waals surface area contributed by atoms with Gasteiger partial charge in [-0.25, -0.2) is 0 Å². The molecule has 0 saturated carbocycles. The number of nitrogens with one attached hydrogen (secondary N) is 1. The third-order valence-corrected chi connectivity index (χ3v) is 4.36. The van der Waals surface area contributed by atoms with Crippen molar-refractivity contribution in [2.75, 3.05) is 13.6 Å². The minimum Gasteiger partial charge on any atom is -0.353 e.